The number of hydrogen-bond acceptors (Lipinski definition) is 4. The van der Waals surface area contributed by atoms with Gasteiger partial charge < -0.3 is 5.73 Å². The van der Waals surface area contributed by atoms with E-state index in [-0.39, 0.29) is 0 Å². The number of aromatic nitrogens is 4. The summed E-state index contributed by atoms with van der Waals surface area (Å²) in [6.45, 7) is 0.787. The van der Waals surface area contributed by atoms with Crippen LogP contribution in [0.5, 0.6) is 0 Å². The van der Waals surface area contributed by atoms with Crippen molar-refractivity contribution in [3.63, 3.8) is 0 Å². The molecule has 0 radical (unpaired) electrons. The van der Waals surface area contributed by atoms with Crippen LogP contribution in [0.1, 0.15) is 30.9 Å². The number of nitrogens with zero attached hydrogens (tertiary/aromatic N) is 4. The van der Waals surface area contributed by atoms with Gasteiger partial charge in [-0.25, -0.2) is 15.0 Å². The van der Waals surface area contributed by atoms with Crippen molar-refractivity contribution in [1.82, 2.24) is 19.5 Å². The van der Waals surface area contributed by atoms with E-state index in [1.807, 2.05) is 16.8 Å². The lowest BCUT2D eigenvalue weighted by Gasteiger charge is -1.97. The maximum Gasteiger partial charge on any atom is 0.234 e. The Bertz CT molecular complexity index is 507. The van der Waals surface area contributed by atoms with Gasteiger partial charge in [0.1, 0.15) is 6.33 Å². The number of hydrogen-bond donors (Lipinski definition) is 1. The Labute approximate surface area is 106 Å². The second kappa shape index (κ2) is 4.86. The predicted octanol–water partition coefficient (Wildman–Crippen LogP) is 1.50. The molecule has 0 spiro atoms. The molecule has 3 rings (SSSR count). The smallest absolute Gasteiger partial charge is 0.234 e. The van der Waals surface area contributed by atoms with Crippen molar-refractivity contribution in [2.75, 3.05) is 6.54 Å². The maximum absolute atomic E-state index is 5.53. The lowest BCUT2D eigenvalue weighted by Crippen LogP contribution is -1.98. The minimum atomic E-state index is 0.613. The third kappa shape index (κ3) is 2.26. The van der Waals surface area contributed by atoms with E-state index in [4.69, 9.17) is 5.73 Å². The molecule has 2 aromatic heterocycles. The average Bonchev–Trinajstić information content (AvgIpc) is 3.03. The first-order chi connectivity index (χ1) is 8.88. The van der Waals surface area contributed by atoms with Crippen LogP contribution in [-0.4, -0.2) is 26.1 Å². The molecule has 1 aliphatic rings. The molecule has 0 aromatic carbocycles. The summed E-state index contributed by atoms with van der Waals surface area (Å²) in [6, 6.07) is 1.81. The Balaban J connectivity index is 1.68. The van der Waals surface area contributed by atoms with Crippen LogP contribution in [0.15, 0.2) is 31.0 Å². The van der Waals surface area contributed by atoms with Crippen molar-refractivity contribution in [2.24, 2.45) is 11.7 Å². The molecule has 0 aliphatic heterocycles. The van der Waals surface area contributed by atoms with Crippen LogP contribution in [0.4, 0.5) is 0 Å². The zero-order chi connectivity index (χ0) is 12.4. The van der Waals surface area contributed by atoms with E-state index in [0.717, 1.165) is 24.6 Å². The molecule has 0 amide bonds. The Morgan fingerprint density at radius 3 is 2.89 bits per heavy atom. The molecule has 2 aromatic rings. The molecule has 0 bridgehead atoms. The first kappa shape index (κ1) is 11.3. The summed E-state index contributed by atoms with van der Waals surface area (Å²) >= 11 is 0. The quantitative estimate of drug-likeness (QED) is 0.864. The van der Waals surface area contributed by atoms with Gasteiger partial charge in [-0.2, -0.15) is 0 Å². The summed E-state index contributed by atoms with van der Waals surface area (Å²) in [5, 5.41) is 0. The van der Waals surface area contributed by atoms with Crippen molar-refractivity contribution in [2.45, 2.75) is 25.2 Å². The second-order valence-corrected chi connectivity index (χ2v) is 4.79. The number of rotatable bonds is 5. The Hall–Kier alpha value is -1.75. The summed E-state index contributed by atoms with van der Waals surface area (Å²) in [5.74, 6) is 2.06. The fraction of sp³-hybridized carbons (Fsp3) is 0.462. The summed E-state index contributed by atoms with van der Waals surface area (Å²) in [6.07, 6.45) is 10.9. The lowest BCUT2D eigenvalue weighted by molar-refractivity contribution is 0.655. The van der Waals surface area contributed by atoms with E-state index in [1.54, 1.807) is 18.7 Å². The van der Waals surface area contributed by atoms with Gasteiger partial charge in [0.05, 0.1) is 5.69 Å². The molecule has 2 heterocycles. The molecular weight excluding hydrogens is 226 g/mol. The molecule has 2 atom stereocenters. The predicted molar refractivity (Wildman–Crippen MR) is 68.3 cm³/mol. The largest absolute Gasteiger partial charge is 0.330 e. The van der Waals surface area contributed by atoms with Crippen molar-refractivity contribution in [1.29, 1.82) is 0 Å². The van der Waals surface area contributed by atoms with Gasteiger partial charge in [0, 0.05) is 24.5 Å². The van der Waals surface area contributed by atoms with Gasteiger partial charge in [-0.3, -0.25) is 4.57 Å². The molecule has 2 unspecified atom stereocenters. The van der Waals surface area contributed by atoms with E-state index in [9.17, 15) is 0 Å². The Morgan fingerprint density at radius 2 is 2.11 bits per heavy atom. The molecule has 1 fully saturated rings. The second-order valence-electron chi connectivity index (χ2n) is 4.79. The van der Waals surface area contributed by atoms with Gasteiger partial charge in [0.15, 0.2) is 0 Å². The highest BCUT2D eigenvalue weighted by molar-refractivity contribution is 5.20. The standard InChI is InChI=1S/C13H17N5/c14-4-1-3-10-7-11(10)12-8-18(9-17-12)13-15-5-2-6-16-13/h2,5-6,8-11H,1,3-4,7,14H2. The van der Waals surface area contributed by atoms with Crippen LogP contribution in [0.3, 0.4) is 0 Å². The first-order valence-corrected chi connectivity index (χ1v) is 6.40. The van der Waals surface area contributed by atoms with Gasteiger partial charge in [-0.05, 0) is 37.8 Å². The molecule has 5 heteroatoms. The molecule has 5 nitrogen and oxygen atoms in total. The monoisotopic (exact) mass is 243 g/mol. The van der Waals surface area contributed by atoms with E-state index < -0.39 is 0 Å². The van der Waals surface area contributed by atoms with Crippen molar-refractivity contribution < 1.29 is 0 Å². The Morgan fingerprint density at radius 1 is 1.28 bits per heavy atom. The van der Waals surface area contributed by atoms with Crippen molar-refractivity contribution in [3.05, 3.63) is 36.7 Å². The van der Waals surface area contributed by atoms with Crippen molar-refractivity contribution in [3.8, 4) is 5.95 Å². The molecule has 94 valence electrons. The number of nitrogens with two attached hydrogens (primary N) is 1. The lowest BCUT2D eigenvalue weighted by atomic mass is 10.1. The minimum absolute atomic E-state index is 0.613. The molecular formula is C13H17N5. The van der Waals surface area contributed by atoms with E-state index in [2.05, 4.69) is 15.0 Å². The van der Waals surface area contributed by atoms with Gasteiger partial charge >= 0.3 is 0 Å². The number of imidazole rings is 1. The van der Waals surface area contributed by atoms with Crippen LogP contribution in [0, 0.1) is 5.92 Å². The van der Waals surface area contributed by atoms with E-state index in [0.29, 0.717) is 11.9 Å². The topological polar surface area (TPSA) is 69.6 Å². The molecule has 18 heavy (non-hydrogen) atoms. The van der Waals surface area contributed by atoms with E-state index in [1.165, 1.54) is 12.8 Å². The highest BCUT2D eigenvalue weighted by Crippen LogP contribution is 2.49. The molecule has 0 saturated heterocycles. The van der Waals surface area contributed by atoms with Crippen LogP contribution < -0.4 is 5.73 Å². The summed E-state index contributed by atoms with van der Waals surface area (Å²) < 4.78 is 1.88. The molecule has 1 saturated carbocycles. The summed E-state index contributed by atoms with van der Waals surface area (Å²) in [7, 11) is 0. The van der Waals surface area contributed by atoms with Gasteiger partial charge in [0.25, 0.3) is 0 Å². The highest BCUT2D eigenvalue weighted by Gasteiger charge is 2.39. The third-order valence-electron chi connectivity index (χ3n) is 3.47. The van der Waals surface area contributed by atoms with Crippen molar-refractivity contribution >= 4 is 0 Å². The fourth-order valence-electron chi connectivity index (χ4n) is 2.37. The maximum atomic E-state index is 5.53. The van der Waals surface area contributed by atoms with Crippen LogP contribution in [-0.2, 0) is 0 Å². The van der Waals surface area contributed by atoms with Gasteiger partial charge in [0.2, 0.25) is 5.95 Å². The van der Waals surface area contributed by atoms with Crippen LogP contribution in [0.2, 0.25) is 0 Å². The summed E-state index contributed by atoms with van der Waals surface area (Å²) in [5.41, 5.74) is 6.69. The zero-order valence-corrected chi connectivity index (χ0v) is 10.2. The SMILES string of the molecule is NCCCC1CC1c1cn(-c2ncccn2)cn1. The summed E-state index contributed by atoms with van der Waals surface area (Å²) in [4.78, 5) is 12.9. The molecule has 1 aliphatic carbocycles. The first-order valence-electron chi connectivity index (χ1n) is 6.40. The minimum Gasteiger partial charge on any atom is -0.330 e. The van der Waals surface area contributed by atoms with Crippen LogP contribution in [0.25, 0.3) is 5.95 Å². The van der Waals surface area contributed by atoms with E-state index >= 15 is 0 Å². The van der Waals surface area contributed by atoms with Crippen LogP contribution >= 0.6 is 0 Å². The zero-order valence-electron chi connectivity index (χ0n) is 10.2. The molecule has 2 N–H and O–H groups in total. The highest BCUT2D eigenvalue weighted by atomic mass is 15.2. The normalized spacial score (nSPS) is 22.1. The fourth-order valence-corrected chi connectivity index (χ4v) is 2.37. The van der Waals surface area contributed by atoms with Gasteiger partial charge in [-0.1, -0.05) is 0 Å². The average molecular weight is 243 g/mol. The van der Waals surface area contributed by atoms with Gasteiger partial charge in [-0.15, -0.1) is 0 Å². The third-order valence-corrected chi connectivity index (χ3v) is 3.47. The Kier molecular flexibility index (Phi) is 3.06.